The Morgan fingerprint density at radius 2 is 1.95 bits per heavy atom. The number of sulfonamides is 1. The predicted molar refractivity (Wildman–Crippen MR) is 75.4 cm³/mol. The number of hydrogen-bond donors (Lipinski definition) is 0. The molecule has 3 rings (SSSR count). The molecule has 1 atom stereocenters. The Labute approximate surface area is 119 Å². The summed E-state index contributed by atoms with van der Waals surface area (Å²) in [5.74, 6) is 0.162. The summed E-state index contributed by atoms with van der Waals surface area (Å²) in [7, 11) is -3.48. The fourth-order valence-electron chi connectivity index (χ4n) is 3.27. The molecule has 0 radical (unpaired) electrons. The molecule has 0 amide bonds. The minimum atomic E-state index is -3.48. The van der Waals surface area contributed by atoms with Gasteiger partial charge in [-0.1, -0.05) is 6.42 Å². The molecule has 0 spiro atoms. The van der Waals surface area contributed by atoms with Crippen LogP contribution in [0.3, 0.4) is 0 Å². The molecule has 20 heavy (non-hydrogen) atoms. The first-order valence-corrected chi connectivity index (χ1v) is 8.72. The van der Waals surface area contributed by atoms with Gasteiger partial charge in [0.25, 0.3) is 0 Å². The maximum atomic E-state index is 13.3. The van der Waals surface area contributed by atoms with Crippen LogP contribution < -0.4 is 0 Å². The first-order chi connectivity index (χ1) is 9.50. The summed E-state index contributed by atoms with van der Waals surface area (Å²) in [5, 5.41) is 0. The molecule has 5 heteroatoms. The molecule has 1 aromatic rings. The molecule has 1 aromatic carbocycles. The lowest BCUT2D eigenvalue weighted by atomic mass is 9.79. The third-order valence-electron chi connectivity index (χ3n) is 4.68. The molecule has 1 unspecified atom stereocenters. The molecule has 1 aliphatic heterocycles. The van der Waals surface area contributed by atoms with E-state index in [-0.39, 0.29) is 16.8 Å². The summed E-state index contributed by atoms with van der Waals surface area (Å²) in [6, 6.07) is 4.23. The Morgan fingerprint density at radius 3 is 2.55 bits per heavy atom. The highest BCUT2D eigenvalue weighted by Gasteiger charge is 2.41. The van der Waals surface area contributed by atoms with Crippen LogP contribution >= 0.6 is 0 Å². The summed E-state index contributed by atoms with van der Waals surface area (Å²) in [6.45, 7) is 2.20. The van der Waals surface area contributed by atoms with Gasteiger partial charge in [0.1, 0.15) is 5.82 Å². The zero-order chi connectivity index (χ0) is 14.3. The zero-order valence-corrected chi connectivity index (χ0v) is 12.5. The largest absolute Gasteiger partial charge is 0.243 e. The van der Waals surface area contributed by atoms with Gasteiger partial charge in [0, 0.05) is 12.6 Å². The summed E-state index contributed by atoms with van der Waals surface area (Å²) in [6.07, 6.45) is 5.38. The molecule has 0 N–H and O–H groups in total. The lowest BCUT2D eigenvalue weighted by Crippen LogP contribution is -2.42. The minimum absolute atomic E-state index is 0.152. The van der Waals surface area contributed by atoms with Gasteiger partial charge in [0.15, 0.2) is 0 Å². The number of halogens is 1. The van der Waals surface area contributed by atoms with E-state index in [0.717, 1.165) is 25.7 Å². The smallest absolute Gasteiger partial charge is 0.207 e. The molecular weight excluding hydrogens is 277 g/mol. The predicted octanol–water partition coefficient (Wildman–Crippen LogP) is 3.09. The van der Waals surface area contributed by atoms with Gasteiger partial charge < -0.3 is 0 Å². The molecule has 0 aromatic heterocycles. The Bertz CT molecular complexity index is 610. The molecular formula is C15H20FNO2S. The van der Waals surface area contributed by atoms with Crippen molar-refractivity contribution in [2.75, 3.05) is 6.54 Å². The first-order valence-electron chi connectivity index (χ1n) is 7.28. The standard InChI is InChI=1S/C15H20FNO2S/c1-11-10-13(7-8-14(11)16)20(18,19)17-9-3-6-15(17)12-4-2-5-12/h7-8,10,12,15H,2-6,9H2,1H3. The molecule has 1 saturated heterocycles. The minimum Gasteiger partial charge on any atom is -0.207 e. The third-order valence-corrected chi connectivity index (χ3v) is 6.60. The van der Waals surface area contributed by atoms with E-state index >= 15 is 0 Å². The topological polar surface area (TPSA) is 37.4 Å². The van der Waals surface area contributed by atoms with Gasteiger partial charge in [-0.25, -0.2) is 12.8 Å². The Morgan fingerprint density at radius 1 is 1.20 bits per heavy atom. The van der Waals surface area contributed by atoms with E-state index < -0.39 is 10.0 Å². The Hall–Kier alpha value is -0.940. The monoisotopic (exact) mass is 297 g/mol. The van der Waals surface area contributed by atoms with Crippen molar-refractivity contribution >= 4 is 10.0 Å². The molecule has 2 fully saturated rings. The van der Waals surface area contributed by atoms with Crippen molar-refractivity contribution in [3.8, 4) is 0 Å². The summed E-state index contributed by atoms with van der Waals surface area (Å²) in [4.78, 5) is 0.225. The van der Waals surface area contributed by atoms with E-state index in [4.69, 9.17) is 0 Å². The lowest BCUT2D eigenvalue weighted by Gasteiger charge is -2.36. The van der Waals surface area contributed by atoms with Crippen LogP contribution in [0.2, 0.25) is 0 Å². The average Bonchev–Trinajstić information content (AvgIpc) is 2.80. The van der Waals surface area contributed by atoms with Gasteiger partial charge in [-0.3, -0.25) is 0 Å². The van der Waals surface area contributed by atoms with Crippen molar-refractivity contribution in [3.05, 3.63) is 29.6 Å². The number of rotatable bonds is 3. The normalized spacial score (nSPS) is 24.8. The van der Waals surface area contributed by atoms with Crippen LogP contribution in [-0.2, 0) is 10.0 Å². The maximum absolute atomic E-state index is 13.3. The second-order valence-corrected chi connectivity index (χ2v) is 7.82. The number of nitrogens with zero attached hydrogens (tertiary/aromatic N) is 1. The van der Waals surface area contributed by atoms with Crippen LogP contribution in [0.15, 0.2) is 23.1 Å². The van der Waals surface area contributed by atoms with Gasteiger partial charge in [-0.05, 0) is 62.3 Å². The highest BCUT2D eigenvalue weighted by atomic mass is 32.2. The molecule has 3 nitrogen and oxygen atoms in total. The highest BCUT2D eigenvalue weighted by molar-refractivity contribution is 7.89. The zero-order valence-electron chi connectivity index (χ0n) is 11.7. The fraction of sp³-hybridized carbons (Fsp3) is 0.600. The van der Waals surface area contributed by atoms with Gasteiger partial charge in [-0.2, -0.15) is 4.31 Å². The lowest BCUT2D eigenvalue weighted by molar-refractivity contribution is 0.191. The van der Waals surface area contributed by atoms with Crippen LogP contribution in [-0.4, -0.2) is 25.3 Å². The van der Waals surface area contributed by atoms with Crippen molar-refractivity contribution in [1.29, 1.82) is 0 Å². The average molecular weight is 297 g/mol. The van der Waals surface area contributed by atoms with Crippen molar-refractivity contribution in [2.24, 2.45) is 5.92 Å². The first kappa shape index (κ1) is 14.0. The Balaban J connectivity index is 1.92. The van der Waals surface area contributed by atoms with Crippen LogP contribution in [0, 0.1) is 18.7 Å². The number of aryl methyl sites for hydroxylation is 1. The molecule has 1 aliphatic carbocycles. The van der Waals surface area contributed by atoms with E-state index in [2.05, 4.69) is 0 Å². The fourth-order valence-corrected chi connectivity index (χ4v) is 5.11. The van der Waals surface area contributed by atoms with E-state index in [1.54, 1.807) is 11.2 Å². The molecule has 1 saturated carbocycles. The third kappa shape index (κ3) is 2.27. The van der Waals surface area contributed by atoms with E-state index in [9.17, 15) is 12.8 Å². The summed E-state index contributed by atoms with van der Waals surface area (Å²) in [5.41, 5.74) is 0.380. The summed E-state index contributed by atoms with van der Waals surface area (Å²) < 4.78 is 40.5. The molecule has 110 valence electrons. The molecule has 0 bridgehead atoms. The van der Waals surface area contributed by atoms with Crippen molar-refractivity contribution < 1.29 is 12.8 Å². The van der Waals surface area contributed by atoms with E-state index in [0.29, 0.717) is 18.0 Å². The van der Waals surface area contributed by atoms with Crippen LogP contribution in [0.1, 0.15) is 37.7 Å². The van der Waals surface area contributed by atoms with Crippen LogP contribution in [0.25, 0.3) is 0 Å². The van der Waals surface area contributed by atoms with Gasteiger partial charge in [0.2, 0.25) is 10.0 Å². The number of hydrogen-bond acceptors (Lipinski definition) is 2. The summed E-state index contributed by atoms with van der Waals surface area (Å²) >= 11 is 0. The van der Waals surface area contributed by atoms with Crippen molar-refractivity contribution in [1.82, 2.24) is 4.31 Å². The molecule has 1 heterocycles. The van der Waals surface area contributed by atoms with Crippen molar-refractivity contribution in [3.63, 3.8) is 0 Å². The van der Waals surface area contributed by atoms with Crippen LogP contribution in [0.5, 0.6) is 0 Å². The van der Waals surface area contributed by atoms with Gasteiger partial charge in [-0.15, -0.1) is 0 Å². The van der Waals surface area contributed by atoms with Crippen LogP contribution in [0.4, 0.5) is 4.39 Å². The quantitative estimate of drug-likeness (QED) is 0.860. The maximum Gasteiger partial charge on any atom is 0.243 e. The number of benzene rings is 1. The van der Waals surface area contributed by atoms with Crippen molar-refractivity contribution in [2.45, 2.75) is 50.0 Å². The Kier molecular flexibility index (Phi) is 3.58. The molecule has 2 aliphatic rings. The van der Waals surface area contributed by atoms with E-state index in [1.165, 1.54) is 24.6 Å². The van der Waals surface area contributed by atoms with E-state index in [1.807, 2.05) is 0 Å². The second-order valence-electron chi connectivity index (χ2n) is 5.93. The SMILES string of the molecule is Cc1cc(S(=O)(=O)N2CCCC2C2CCC2)ccc1F. The van der Waals surface area contributed by atoms with Gasteiger partial charge >= 0.3 is 0 Å². The van der Waals surface area contributed by atoms with Gasteiger partial charge in [0.05, 0.1) is 4.90 Å². The second kappa shape index (κ2) is 5.11. The highest BCUT2D eigenvalue weighted by Crippen LogP contribution is 2.39.